The number of nitrogens with one attached hydrogen (secondary N) is 1. The fourth-order valence-corrected chi connectivity index (χ4v) is 3.56. The summed E-state index contributed by atoms with van der Waals surface area (Å²) in [5.41, 5.74) is 0.361. The van der Waals surface area contributed by atoms with Crippen LogP contribution in [0.5, 0.6) is 0 Å². The number of alkyl carbamates (subject to hydrolysis) is 1. The van der Waals surface area contributed by atoms with Crippen LogP contribution in [0.3, 0.4) is 0 Å². The van der Waals surface area contributed by atoms with Crippen molar-refractivity contribution >= 4 is 17.9 Å². The zero-order chi connectivity index (χ0) is 30.5. The van der Waals surface area contributed by atoms with Crippen LogP contribution >= 0.6 is 0 Å². The molecule has 1 aromatic rings. The lowest BCUT2D eigenvalue weighted by Crippen LogP contribution is -2.34. The number of carbonyl (C=O) groups excluding carboxylic acids is 3. The van der Waals surface area contributed by atoms with Crippen molar-refractivity contribution < 1.29 is 52.3 Å². The first kappa shape index (κ1) is 35.5. The van der Waals surface area contributed by atoms with Crippen molar-refractivity contribution in [2.24, 2.45) is 0 Å². The third-order valence-corrected chi connectivity index (χ3v) is 5.48. The molecule has 1 aliphatic heterocycles. The van der Waals surface area contributed by atoms with E-state index in [0.29, 0.717) is 104 Å². The third-order valence-electron chi connectivity index (χ3n) is 5.48. The lowest BCUT2D eigenvalue weighted by atomic mass is 10.1. The Morgan fingerprint density at radius 3 is 1.36 bits per heavy atom. The minimum absolute atomic E-state index is 0.211. The minimum atomic E-state index is -0.517. The van der Waals surface area contributed by atoms with Crippen molar-refractivity contribution in [2.75, 3.05) is 106 Å². The van der Waals surface area contributed by atoms with E-state index < -0.39 is 11.7 Å². The molecule has 0 aliphatic carbocycles. The van der Waals surface area contributed by atoms with Gasteiger partial charge in [-0.15, -0.1) is 0 Å². The quantitative estimate of drug-likeness (QED) is 0.138. The summed E-state index contributed by atoms with van der Waals surface area (Å²) in [4.78, 5) is 37.2. The molecule has 13 heteroatoms. The van der Waals surface area contributed by atoms with E-state index >= 15 is 0 Å². The molecular weight excluding hydrogens is 552 g/mol. The first-order valence-electron chi connectivity index (χ1n) is 14.3. The number of ether oxygens (including phenoxy) is 8. The van der Waals surface area contributed by atoms with Crippen LogP contribution in [0.15, 0.2) is 24.3 Å². The minimum Gasteiger partial charge on any atom is -0.444 e. The van der Waals surface area contributed by atoms with Gasteiger partial charge in [-0.25, -0.2) is 4.79 Å². The van der Waals surface area contributed by atoms with E-state index in [9.17, 15) is 14.4 Å². The molecular formula is C29H46N2O11. The van der Waals surface area contributed by atoms with Crippen LogP contribution in [0.1, 0.15) is 41.5 Å². The van der Waals surface area contributed by atoms with Crippen molar-refractivity contribution in [1.82, 2.24) is 10.2 Å². The summed E-state index contributed by atoms with van der Waals surface area (Å²) in [6.07, 6.45) is -0.460. The van der Waals surface area contributed by atoms with Crippen LogP contribution in [0.4, 0.5) is 4.79 Å². The SMILES string of the molecule is CC(C)(C)OC(=O)NCCOCCOCCOCCOCCOCCOCCOCCN1C(=O)c2ccccc2C1=O. The average molecular weight is 599 g/mol. The van der Waals surface area contributed by atoms with Gasteiger partial charge in [-0.2, -0.15) is 0 Å². The molecule has 238 valence electrons. The van der Waals surface area contributed by atoms with Crippen LogP contribution in [-0.4, -0.2) is 134 Å². The van der Waals surface area contributed by atoms with Crippen molar-refractivity contribution in [2.45, 2.75) is 26.4 Å². The van der Waals surface area contributed by atoms with E-state index in [4.69, 9.17) is 37.9 Å². The zero-order valence-electron chi connectivity index (χ0n) is 25.1. The molecule has 13 nitrogen and oxygen atoms in total. The van der Waals surface area contributed by atoms with Gasteiger partial charge >= 0.3 is 6.09 Å². The molecule has 1 N–H and O–H groups in total. The van der Waals surface area contributed by atoms with E-state index in [1.165, 1.54) is 4.90 Å². The predicted octanol–water partition coefficient (Wildman–Crippen LogP) is 1.92. The lowest BCUT2D eigenvalue weighted by Gasteiger charge is -2.19. The van der Waals surface area contributed by atoms with Gasteiger partial charge in [0, 0.05) is 6.54 Å². The first-order chi connectivity index (χ1) is 20.3. The first-order valence-corrected chi connectivity index (χ1v) is 14.3. The Morgan fingerprint density at radius 2 is 0.976 bits per heavy atom. The standard InChI is InChI=1S/C29H46N2O11/c1-29(2,3)42-28(34)30-8-10-35-12-14-37-16-18-39-20-22-41-23-21-40-19-17-38-15-13-36-11-9-31-26(32)24-6-4-5-7-25(24)27(31)33/h4-7H,8-23H2,1-3H3,(H,30,34). The summed E-state index contributed by atoms with van der Waals surface area (Å²) in [5.74, 6) is -0.562. The van der Waals surface area contributed by atoms with E-state index in [1.54, 1.807) is 24.3 Å². The van der Waals surface area contributed by atoms with E-state index in [0.717, 1.165) is 0 Å². The highest BCUT2D eigenvalue weighted by Crippen LogP contribution is 2.21. The van der Waals surface area contributed by atoms with Gasteiger partial charge in [0.05, 0.1) is 110 Å². The number of nitrogens with zero attached hydrogens (tertiary/aromatic N) is 1. The normalized spacial score (nSPS) is 13.1. The van der Waals surface area contributed by atoms with E-state index in [-0.39, 0.29) is 25.0 Å². The largest absolute Gasteiger partial charge is 0.444 e. The fraction of sp³-hybridized carbons (Fsp3) is 0.690. The fourth-order valence-electron chi connectivity index (χ4n) is 3.56. The highest BCUT2D eigenvalue weighted by molar-refractivity contribution is 6.21. The molecule has 1 aliphatic rings. The lowest BCUT2D eigenvalue weighted by molar-refractivity contribution is -0.0207. The number of rotatable bonds is 24. The summed E-state index contributed by atoms with van der Waals surface area (Å²) in [5, 5.41) is 2.62. The Kier molecular flexibility index (Phi) is 17.9. The van der Waals surface area contributed by atoms with Gasteiger partial charge in [-0.3, -0.25) is 14.5 Å². The maximum Gasteiger partial charge on any atom is 0.407 e. The molecule has 0 spiro atoms. The van der Waals surface area contributed by atoms with Gasteiger partial charge in [0.25, 0.3) is 11.8 Å². The molecule has 0 aromatic heterocycles. The maximum absolute atomic E-state index is 12.3. The molecule has 0 saturated heterocycles. The summed E-state index contributed by atoms with van der Waals surface area (Å²) >= 11 is 0. The molecule has 0 fully saturated rings. The number of amides is 3. The number of carbonyl (C=O) groups is 3. The second-order valence-corrected chi connectivity index (χ2v) is 10.0. The van der Waals surface area contributed by atoms with Crippen LogP contribution < -0.4 is 5.32 Å². The zero-order valence-corrected chi connectivity index (χ0v) is 25.1. The second-order valence-electron chi connectivity index (χ2n) is 10.0. The van der Waals surface area contributed by atoms with Crippen molar-refractivity contribution in [3.05, 3.63) is 35.4 Å². The summed E-state index contributed by atoms with van der Waals surface area (Å²) in [6, 6.07) is 6.80. The van der Waals surface area contributed by atoms with Crippen molar-refractivity contribution in [3.8, 4) is 0 Å². The molecule has 1 heterocycles. The average Bonchev–Trinajstić information content (AvgIpc) is 3.19. The Bertz CT molecular complexity index is 888. The molecule has 0 atom stereocenters. The summed E-state index contributed by atoms with van der Waals surface area (Å²) in [7, 11) is 0. The van der Waals surface area contributed by atoms with Crippen molar-refractivity contribution in [1.29, 1.82) is 0 Å². The second kappa shape index (κ2) is 21.1. The van der Waals surface area contributed by atoms with E-state index in [2.05, 4.69) is 5.32 Å². The molecule has 0 unspecified atom stereocenters. The number of imide groups is 1. The van der Waals surface area contributed by atoms with Crippen LogP contribution in [0, 0.1) is 0 Å². The Hall–Kier alpha value is -2.65. The Balaban J connectivity index is 1.23. The van der Waals surface area contributed by atoms with Crippen LogP contribution in [0.2, 0.25) is 0 Å². The molecule has 2 rings (SSSR count). The van der Waals surface area contributed by atoms with Gasteiger partial charge in [-0.1, -0.05) is 12.1 Å². The van der Waals surface area contributed by atoms with Gasteiger partial charge in [0.1, 0.15) is 5.60 Å². The molecule has 1 aromatic carbocycles. The molecule has 42 heavy (non-hydrogen) atoms. The monoisotopic (exact) mass is 598 g/mol. The number of hydrogen-bond acceptors (Lipinski definition) is 11. The topological polar surface area (TPSA) is 140 Å². The number of hydrogen-bond donors (Lipinski definition) is 1. The Labute approximate surface area is 248 Å². The number of fused-ring (bicyclic) bond motifs is 1. The maximum atomic E-state index is 12.3. The highest BCUT2D eigenvalue weighted by Gasteiger charge is 2.34. The molecule has 0 saturated carbocycles. The van der Waals surface area contributed by atoms with Gasteiger partial charge in [-0.05, 0) is 32.9 Å². The van der Waals surface area contributed by atoms with Crippen LogP contribution in [0.25, 0.3) is 0 Å². The number of benzene rings is 1. The Morgan fingerprint density at radius 1 is 0.619 bits per heavy atom. The predicted molar refractivity (Wildman–Crippen MR) is 152 cm³/mol. The van der Waals surface area contributed by atoms with E-state index in [1.807, 2.05) is 20.8 Å². The summed E-state index contributed by atoms with van der Waals surface area (Å²) < 4.78 is 43.2. The van der Waals surface area contributed by atoms with Crippen molar-refractivity contribution in [3.63, 3.8) is 0 Å². The van der Waals surface area contributed by atoms with Gasteiger partial charge < -0.3 is 43.2 Å². The smallest absolute Gasteiger partial charge is 0.407 e. The molecule has 0 radical (unpaired) electrons. The highest BCUT2D eigenvalue weighted by atomic mass is 16.6. The third kappa shape index (κ3) is 15.5. The van der Waals surface area contributed by atoms with Crippen LogP contribution in [-0.2, 0) is 37.9 Å². The summed E-state index contributed by atoms with van der Waals surface area (Å²) in [6.45, 7) is 11.9. The molecule has 0 bridgehead atoms. The molecule has 3 amide bonds. The van der Waals surface area contributed by atoms with Gasteiger partial charge in [0.15, 0.2) is 0 Å². The van der Waals surface area contributed by atoms with Gasteiger partial charge in [0.2, 0.25) is 0 Å².